The van der Waals surface area contributed by atoms with E-state index in [1.54, 1.807) is 28.5 Å². The zero-order valence-corrected chi connectivity index (χ0v) is 15.0. The SMILES string of the molecule is O=S(=O)(C1CSc2ccccc21)N1CCc2c(cnc3[nH]ncc23)C1. The Labute approximate surface area is 149 Å². The summed E-state index contributed by atoms with van der Waals surface area (Å²) in [6.45, 7) is 0.887. The quantitative estimate of drug-likeness (QED) is 0.748. The third-order valence-corrected chi connectivity index (χ3v) is 8.58. The lowest BCUT2D eigenvalue weighted by molar-refractivity contribution is 0.387. The molecule has 4 heterocycles. The molecule has 0 spiro atoms. The van der Waals surface area contributed by atoms with Gasteiger partial charge in [-0.05, 0) is 29.2 Å². The van der Waals surface area contributed by atoms with E-state index in [-0.39, 0.29) is 0 Å². The first-order valence-electron chi connectivity index (χ1n) is 8.15. The molecule has 0 bridgehead atoms. The fourth-order valence-electron chi connectivity index (χ4n) is 3.71. The summed E-state index contributed by atoms with van der Waals surface area (Å²) in [5.41, 5.74) is 3.83. The summed E-state index contributed by atoms with van der Waals surface area (Å²) in [6, 6.07) is 7.81. The highest BCUT2D eigenvalue weighted by molar-refractivity contribution is 8.01. The van der Waals surface area contributed by atoms with E-state index >= 15 is 0 Å². The second kappa shape index (κ2) is 5.55. The molecule has 0 amide bonds. The van der Waals surface area contributed by atoms with Crippen LogP contribution in [0.2, 0.25) is 0 Å². The van der Waals surface area contributed by atoms with E-state index < -0.39 is 15.3 Å². The molecule has 1 N–H and O–H groups in total. The molecule has 6 nitrogen and oxygen atoms in total. The number of pyridine rings is 1. The Hall–Kier alpha value is -1.90. The molecule has 0 saturated carbocycles. The van der Waals surface area contributed by atoms with Gasteiger partial charge in [-0.25, -0.2) is 13.4 Å². The number of benzene rings is 1. The lowest BCUT2D eigenvalue weighted by atomic mass is 10.0. The molecule has 5 rings (SSSR count). The minimum absolute atomic E-state index is 0.384. The number of thioether (sulfide) groups is 1. The number of nitrogens with one attached hydrogen (secondary N) is 1. The number of aromatic amines is 1. The van der Waals surface area contributed by atoms with Crippen molar-refractivity contribution in [3.05, 3.63) is 53.3 Å². The van der Waals surface area contributed by atoms with E-state index in [9.17, 15) is 8.42 Å². The van der Waals surface area contributed by atoms with Crippen molar-refractivity contribution in [2.24, 2.45) is 0 Å². The van der Waals surface area contributed by atoms with Crippen molar-refractivity contribution >= 4 is 32.8 Å². The van der Waals surface area contributed by atoms with Gasteiger partial charge < -0.3 is 0 Å². The predicted molar refractivity (Wildman–Crippen MR) is 96.8 cm³/mol. The number of fused-ring (bicyclic) bond motifs is 4. The molecule has 0 aliphatic carbocycles. The lowest BCUT2D eigenvalue weighted by Gasteiger charge is -2.30. The van der Waals surface area contributed by atoms with Gasteiger partial charge in [0.15, 0.2) is 5.65 Å². The van der Waals surface area contributed by atoms with Crippen molar-refractivity contribution in [3.8, 4) is 0 Å². The normalized spacial score (nSPS) is 20.6. The second-order valence-corrected chi connectivity index (χ2v) is 9.54. The Morgan fingerprint density at radius 1 is 1.24 bits per heavy atom. The van der Waals surface area contributed by atoms with E-state index in [0.717, 1.165) is 32.6 Å². The number of H-pyrrole nitrogens is 1. The molecule has 25 heavy (non-hydrogen) atoms. The predicted octanol–water partition coefficient (Wildman–Crippen LogP) is 2.49. The molecule has 2 aliphatic rings. The van der Waals surface area contributed by atoms with Crippen LogP contribution in [0.1, 0.15) is 21.9 Å². The van der Waals surface area contributed by atoms with Crippen molar-refractivity contribution in [3.63, 3.8) is 0 Å². The van der Waals surface area contributed by atoms with Gasteiger partial charge in [-0.3, -0.25) is 5.10 Å². The van der Waals surface area contributed by atoms with Gasteiger partial charge in [0.05, 0.1) is 6.20 Å². The van der Waals surface area contributed by atoms with Gasteiger partial charge in [0.25, 0.3) is 0 Å². The highest BCUT2D eigenvalue weighted by Crippen LogP contribution is 2.44. The molecule has 0 saturated heterocycles. The third kappa shape index (κ3) is 2.32. The first-order valence-corrected chi connectivity index (χ1v) is 10.6. The first-order chi connectivity index (χ1) is 12.1. The van der Waals surface area contributed by atoms with Crippen LogP contribution in [-0.4, -0.2) is 40.2 Å². The van der Waals surface area contributed by atoms with E-state index in [2.05, 4.69) is 15.2 Å². The Bertz CT molecular complexity index is 1080. The van der Waals surface area contributed by atoms with Crippen molar-refractivity contribution in [1.82, 2.24) is 19.5 Å². The summed E-state index contributed by atoms with van der Waals surface area (Å²) in [7, 11) is -3.40. The molecule has 0 fully saturated rings. The van der Waals surface area contributed by atoms with Gasteiger partial charge in [0, 0.05) is 35.3 Å². The van der Waals surface area contributed by atoms with Crippen molar-refractivity contribution in [1.29, 1.82) is 0 Å². The molecular weight excluding hydrogens is 356 g/mol. The van der Waals surface area contributed by atoms with Crippen molar-refractivity contribution in [2.45, 2.75) is 23.1 Å². The van der Waals surface area contributed by atoms with Crippen molar-refractivity contribution in [2.75, 3.05) is 12.3 Å². The van der Waals surface area contributed by atoms with Crippen LogP contribution in [0.3, 0.4) is 0 Å². The van der Waals surface area contributed by atoms with Gasteiger partial charge in [-0.15, -0.1) is 11.8 Å². The standard InChI is InChI=1S/C17H16N4O2S2/c22-25(23,16-10-24-15-4-2-1-3-13(15)16)21-6-5-12-11(9-21)7-18-17-14(12)8-19-20-17/h1-4,7-8,16H,5-6,9-10H2,(H,18,19,20). The summed E-state index contributed by atoms with van der Waals surface area (Å²) >= 11 is 1.62. The number of aromatic nitrogens is 3. The highest BCUT2D eigenvalue weighted by Gasteiger charge is 2.39. The maximum Gasteiger partial charge on any atom is 0.222 e. The molecule has 2 aromatic heterocycles. The van der Waals surface area contributed by atoms with Gasteiger partial charge in [0.1, 0.15) is 5.25 Å². The average Bonchev–Trinajstić information content (AvgIpc) is 3.28. The number of sulfonamides is 1. The lowest BCUT2D eigenvalue weighted by Crippen LogP contribution is -2.39. The smallest absolute Gasteiger partial charge is 0.222 e. The van der Waals surface area contributed by atoms with E-state index in [0.29, 0.717) is 25.3 Å². The van der Waals surface area contributed by atoms with Crippen LogP contribution in [0.15, 0.2) is 41.6 Å². The van der Waals surface area contributed by atoms with Crippen molar-refractivity contribution < 1.29 is 8.42 Å². The van der Waals surface area contributed by atoms with E-state index in [4.69, 9.17) is 0 Å². The van der Waals surface area contributed by atoms with Gasteiger partial charge >= 0.3 is 0 Å². The average molecular weight is 372 g/mol. The van der Waals surface area contributed by atoms with Crippen LogP contribution < -0.4 is 0 Å². The number of nitrogens with zero attached hydrogens (tertiary/aromatic N) is 3. The minimum atomic E-state index is -3.40. The van der Waals surface area contributed by atoms with Gasteiger partial charge in [0.2, 0.25) is 10.0 Å². The summed E-state index contributed by atoms with van der Waals surface area (Å²) in [6.07, 6.45) is 4.23. The Morgan fingerprint density at radius 3 is 3.04 bits per heavy atom. The summed E-state index contributed by atoms with van der Waals surface area (Å²) in [5, 5.41) is 7.45. The summed E-state index contributed by atoms with van der Waals surface area (Å²) < 4.78 is 28.1. The zero-order valence-electron chi connectivity index (χ0n) is 13.3. The van der Waals surface area contributed by atoms with Crippen LogP contribution >= 0.6 is 11.8 Å². The third-order valence-electron chi connectivity index (χ3n) is 5.01. The van der Waals surface area contributed by atoms with Gasteiger partial charge in [-0.2, -0.15) is 9.40 Å². The summed E-state index contributed by atoms with van der Waals surface area (Å²) in [5.74, 6) is 0.587. The van der Waals surface area contributed by atoms with Crippen LogP contribution in [0.4, 0.5) is 0 Å². The molecule has 128 valence electrons. The fraction of sp³-hybridized carbons (Fsp3) is 0.294. The molecule has 3 aromatic rings. The topological polar surface area (TPSA) is 79.0 Å². The molecule has 1 atom stereocenters. The fourth-order valence-corrected chi connectivity index (χ4v) is 7.29. The molecular formula is C17H16N4O2S2. The number of hydrogen-bond acceptors (Lipinski definition) is 5. The Kier molecular flexibility index (Phi) is 3.41. The second-order valence-electron chi connectivity index (χ2n) is 6.36. The highest BCUT2D eigenvalue weighted by atomic mass is 32.2. The molecule has 0 radical (unpaired) electrons. The molecule has 1 unspecified atom stereocenters. The van der Waals surface area contributed by atoms with E-state index in [1.165, 1.54) is 0 Å². The van der Waals surface area contributed by atoms with Crippen LogP contribution in [0.25, 0.3) is 11.0 Å². The number of rotatable bonds is 2. The number of hydrogen-bond donors (Lipinski definition) is 1. The largest absolute Gasteiger partial charge is 0.261 e. The maximum absolute atomic E-state index is 13.2. The first kappa shape index (κ1) is 15.4. The monoisotopic (exact) mass is 372 g/mol. The zero-order chi connectivity index (χ0) is 17.0. The molecule has 1 aromatic carbocycles. The summed E-state index contributed by atoms with van der Waals surface area (Å²) in [4.78, 5) is 5.44. The van der Waals surface area contributed by atoms with Gasteiger partial charge in [-0.1, -0.05) is 18.2 Å². The molecule has 2 aliphatic heterocycles. The van der Waals surface area contributed by atoms with Crippen LogP contribution in [-0.2, 0) is 23.0 Å². The van der Waals surface area contributed by atoms with Crippen LogP contribution in [0, 0.1) is 0 Å². The molecule has 8 heteroatoms. The Balaban J connectivity index is 1.50. The van der Waals surface area contributed by atoms with E-state index in [1.807, 2.05) is 24.3 Å². The van der Waals surface area contributed by atoms with Crippen LogP contribution in [0.5, 0.6) is 0 Å². The maximum atomic E-state index is 13.2. The Morgan fingerprint density at radius 2 is 2.12 bits per heavy atom. The minimum Gasteiger partial charge on any atom is -0.261 e.